The van der Waals surface area contributed by atoms with E-state index in [4.69, 9.17) is 16.3 Å². The molecule has 0 aliphatic carbocycles. The van der Waals surface area contributed by atoms with Gasteiger partial charge in [0.1, 0.15) is 17.3 Å². The summed E-state index contributed by atoms with van der Waals surface area (Å²) >= 11 is 6.26. The summed E-state index contributed by atoms with van der Waals surface area (Å²) in [5.74, 6) is -0.207. The van der Waals surface area contributed by atoms with Crippen molar-refractivity contribution in [3.63, 3.8) is 0 Å². The minimum absolute atomic E-state index is 0.189. The molecule has 27 heavy (non-hydrogen) atoms. The number of hydrogen-bond donors (Lipinski definition) is 4. The fraction of sp³-hybridized carbons (Fsp3) is 0.263. The van der Waals surface area contributed by atoms with Crippen LogP contribution in [-0.2, 0) is 9.53 Å². The molecule has 8 heteroatoms. The third-order valence-corrected chi connectivity index (χ3v) is 5.15. The van der Waals surface area contributed by atoms with Crippen molar-refractivity contribution in [3.05, 3.63) is 52.8 Å². The lowest BCUT2D eigenvalue weighted by Crippen LogP contribution is -2.53. The maximum absolute atomic E-state index is 12.5. The quantitative estimate of drug-likeness (QED) is 0.552. The molecule has 3 aromatic rings. The van der Waals surface area contributed by atoms with Crippen LogP contribution in [0.15, 0.2) is 36.7 Å². The molecule has 0 radical (unpaired) electrons. The minimum Gasteiger partial charge on any atom is -0.384 e. The van der Waals surface area contributed by atoms with E-state index in [1.807, 2.05) is 12.1 Å². The van der Waals surface area contributed by atoms with Crippen LogP contribution in [0.1, 0.15) is 24.2 Å². The Balaban J connectivity index is 1.87. The van der Waals surface area contributed by atoms with Crippen molar-refractivity contribution in [2.45, 2.75) is 18.6 Å². The van der Waals surface area contributed by atoms with Gasteiger partial charge in [-0.05, 0) is 13.0 Å². The zero-order valence-corrected chi connectivity index (χ0v) is 15.6. The predicted molar refractivity (Wildman–Crippen MR) is 104 cm³/mol. The molecule has 0 spiro atoms. The molecule has 0 saturated heterocycles. The molecule has 4 N–H and O–H groups in total. The van der Waals surface area contributed by atoms with E-state index < -0.39 is 11.6 Å². The van der Waals surface area contributed by atoms with E-state index in [9.17, 15) is 9.90 Å². The maximum atomic E-state index is 12.5. The first-order valence-electron chi connectivity index (χ1n) is 8.45. The third-order valence-electron chi connectivity index (χ3n) is 4.81. The molecule has 2 aromatic heterocycles. The van der Waals surface area contributed by atoms with Crippen molar-refractivity contribution in [3.8, 4) is 0 Å². The number of pyridine rings is 1. The Bertz CT molecular complexity index is 1030. The molecule has 1 aromatic carbocycles. The third kappa shape index (κ3) is 2.84. The number of fused-ring (bicyclic) bond motifs is 3. The molecule has 0 fully saturated rings. The lowest BCUT2D eigenvalue weighted by molar-refractivity contribution is -0.121. The summed E-state index contributed by atoms with van der Waals surface area (Å²) in [6.07, 6.45) is 2.34. The summed E-state index contributed by atoms with van der Waals surface area (Å²) in [7, 11) is 1.54. The van der Waals surface area contributed by atoms with Crippen LogP contribution in [0.2, 0.25) is 5.02 Å². The van der Waals surface area contributed by atoms with Crippen molar-refractivity contribution >= 4 is 39.9 Å². The topological polar surface area (TPSA) is 99.3 Å². The molecule has 3 heterocycles. The number of halogens is 1. The highest BCUT2D eigenvalue weighted by Gasteiger charge is 2.39. The molecule has 1 aliphatic heterocycles. The lowest BCUT2D eigenvalue weighted by Gasteiger charge is -2.35. The number of methoxy groups -OCH3 is 1. The Kier molecular flexibility index (Phi) is 4.30. The zero-order valence-electron chi connectivity index (χ0n) is 14.8. The van der Waals surface area contributed by atoms with Gasteiger partial charge in [-0.3, -0.25) is 4.79 Å². The van der Waals surface area contributed by atoms with Crippen molar-refractivity contribution < 1.29 is 14.6 Å². The number of nitrogens with zero attached hydrogens (tertiary/aromatic N) is 1. The maximum Gasteiger partial charge on any atom is 0.252 e. The van der Waals surface area contributed by atoms with E-state index in [1.165, 1.54) is 0 Å². The van der Waals surface area contributed by atoms with E-state index in [0.717, 1.165) is 0 Å². The fourth-order valence-corrected chi connectivity index (χ4v) is 3.65. The Hall–Kier alpha value is -2.61. The molecule has 7 nitrogen and oxygen atoms in total. The molecule has 1 amide bonds. The van der Waals surface area contributed by atoms with Gasteiger partial charge in [-0.2, -0.15) is 0 Å². The van der Waals surface area contributed by atoms with E-state index >= 15 is 0 Å². The van der Waals surface area contributed by atoms with E-state index in [0.29, 0.717) is 38.6 Å². The zero-order chi connectivity index (χ0) is 19.2. The highest BCUT2D eigenvalue weighted by molar-refractivity contribution is 6.31. The van der Waals surface area contributed by atoms with Gasteiger partial charge < -0.3 is 25.5 Å². The number of H-pyrrole nitrogens is 1. The van der Waals surface area contributed by atoms with Crippen LogP contribution in [0, 0.1) is 0 Å². The Morgan fingerprint density at radius 3 is 2.85 bits per heavy atom. The highest BCUT2D eigenvalue weighted by Crippen LogP contribution is 2.41. The summed E-state index contributed by atoms with van der Waals surface area (Å²) in [4.78, 5) is 19.9. The van der Waals surface area contributed by atoms with Gasteiger partial charge in [-0.1, -0.05) is 29.8 Å². The number of ether oxygens (including phenoxy) is 1. The number of carbonyl (C=O) groups is 1. The van der Waals surface area contributed by atoms with Gasteiger partial charge in [0.2, 0.25) is 0 Å². The number of aromatic amines is 1. The van der Waals surface area contributed by atoms with Crippen LogP contribution < -0.4 is 10.6 Å². The highest BCUT2D eigenvalue weighted by atomic mass is 35.5. The fourth-order valence-electron chi connectivity index (χ4n) is 3.41. The first-order valence-corrected chi connectivity index (χ1v) is 8.83. The molecular weight excluding hydrogens is 368 g/mol. The average molecular weight is 387 g/mol. The van der Waals surface area contributed by atoms with Crippen molar-refractivity contribution in [2.75, 3.05) is 24.4 Å². The van der Waals surface area contributed by atoms with Crippen LogP contribution in [0.25, 0.3) is 11.0 Å². The minimum atomic E-state index is -0.950. The molecule has 1 unspecified atom stereocenters. The first kappa shape index (κ1) is 17.8. The average Bonchev–Trinajstić information content (AvgIpc) is 3.07. The molecule has 4 rings (SSSR count). The summed E-state index contributed by atoms with van der Waals surface area (Å²) in [6, 6.07) is 7.14. The Morgan fingerprint density at radius 1 is 1.33 bits per heavy atom. The van der Waals surface area contributed by atoms with Crippen LogP contribution in [0.5, 0.6) is 0 Å². The lowest BCUT2D eigenvalue weighted by atomic mass is 9.95. The molecule has 140 valence electrons. The summed E-state index contributed by atoms with van der Waals surface area (Å²) in [5.41, 5.74) is 2.09. The Morgan fingerprint density at radius 2 is 2.11 bits per heavy atom. The first-order chi connectivity index (χ1) is 12.9. The number of hydrogen-bond acceptors (Lipinski definition) is 5. The number of aliphatic hydroxyl groups is 1. The molecule has 1 aliphatic rings. The van der Waals surface area contributed by atoms with Crippen LogP contribution in [0.4, 0.5) is 11.4 Å². The summed E-state index contributed by atoms with van der Waals surface area (Å²) < 4.78 is 5.21. The van der Waals surface area contributed by atoms with Crippen molar-refractivity contribution in [2.24, 2.45) is 0 Å². The molecule has 0 bridgehead atoms. The van der Waals surface area contributed by atoms with Gasteiger partial charge in [-0.25, -0.2) is 4.98 Å². The van der Waals surface area contributed by atoms with Crippen LogP contribution >= 0.6 is 11.6 Å². The molecular formula is C19H19ClN4O3. The van der Waals surface area contributed by atoms with E-state index in [1.54, 1.807) is 38.6 Å². The predicted octanol–water partition coefficient (Wildman–Crippen LogP) is 3.07. The standard InChI is InChI=1S/C19H19ClN4O3/c1-19(9-27-2)18(26)23-13-8-22-17-14(15(13)24-19)11(7-21-17)16(25)10-5-3-4-6-12(10)20/h3-8,16,24-25H,9H2,1-2H3,(H,21,22)(H,23,26)/t16?,19-/m0/s1. The largest absolute Gasteiger partial charge is 0.384 e. The smallest absolute Gasteiger partial charge is 0.252 e. The van der Waals surface area contributed by atoms with Crippen LogP contribution in [0.3, 0.4) is 0 Å². The van der Waals surface area contributed by atoms with Crippen molar-refractivity contribution in [1.82, 2.24) is 9.97 Å². The second-order valence-electron chi connectivity index (χ2n) is 6.78. The second-order valence-corrected chi connectivity index (χ2v) is 7.19. The number of aromatic nitrogens is 2. The number of aliphatic hydroxyl groups excluding tert-OH is 1. The number of carbonyl (C=O) groups excluding carboxylic acids is 1. The monoisotopic (exact) mass is 386 g/mol. The summed E-state index contributed by atoms with van der Waals surface area (Å²) in [5, 5.41) is 18.3. The normalized spacial score (nSPS) is 20.1. The number of nitrogens with one attached hydrogen (secondary N) is 3. The number of anilines is 2. The Labute approximate surface area is 160 Å². The van der Waals surface area contributed by atoms with Gasteiger partial charge in [0.05, 0.1) is 29.6 Å². The van der Waals surface area contributed by atoms with Gasteiger partial charge in [0.25, 0.3) is 5.91 Å². The number of benzene rings is 1. The van der Waals surface area contributed by atoms with Gasteiger partial charge >= 0.3 is 0 Å². The van der Waals surface area contributed by atoms with Crippen molar-refractivity contribution in [1.29, 1.82) is 0 Å². The number of rotatable bonds is 4. The molecule has 0 saturated carbocycles. The second kappa shape index (κ2) is 6.53. The van der Waals surface area contributed by atoms with Gasteiger partial charge in [0.15, 0.2) is 0 Å². The molecule has 2 atom stereocenters. The van der Waals surface area contributed by atoms with E-state index in [-0.39, 0.29) is 12.5 Å². The van der Waals surface area contributed by atoms with Gasteiger partial charge in [-0.15, -0.1) is 0 Å². The summed E-state index contributed by atoms with van der Waals surface area (Å²) in [6.45, 7) is 1.95. The number of amides is 1. The van der Waals surface area contributed by atoms with E-state index in [2.05, 4.69) is 20.6 Å². The SMILES string of the molecule is COC[C@]1(C)Nc2c(cnc3[nH]cc(C(O)c4ccccc4Cl)c23)NC1=O. The van der Waals surface area contributed by atoms with Gasteiger partial charge in [0, 0.05) is 29.5 Å². The van der Waals surface area contributed by atoms with Crippen LogP contribution in [-0.4, -0.2) is 40.2 Å².